The predicted molar refractivity (Wildman–Crippen MR) is 55.1 cm³/mol. The number of amides is 1. The van der Waals surface area contributed by atoms with Crippen LogP contribution in [0.25, 0.3) is 0 Å². The monoisotopic (exact) mass is 200 g/mol. The first-order chi connectivity index (χ1) is 6.63. The van der Waals surface area contributed by atoms with Crippen molar-refractivity contribution < 1.29 is 9.53 Å². The molecule has 0 bridgehead atoms. The predicted octanol–water partition coefficient (Wildman–Crippen LogP) is 0.232. The van der Waals surface area contributed by atoms with Crippen LogP contribution in [0.3, 0.4) is 0 Å². The molecule has 1 heterocycles. The quantitative estimate of drug-likeness (QED) is 0.709. The van der Waals surface area contributed by atoms with Crippen LogP contribution in [-0.2, 0) is 9.53 Å². The van der Waals surface area contributed by atoms with Crippen LogP contribution in [0.4, 0.5) is 0 Å². The average Bonchev–Trinajstić information content (AvgIpc) is 2.16. The third-order valence-corrected chi connectivity index (χ3v) is 2.69. The third kappa shape index (κ3) is 3.27. The number of rotatable bonds is 3. The van der Waals surface area contributed by atoms with Crippen LogP contribution in [0.2, 0.25) is 0 Å². The molecule has 1 aliphatic heterocycles. The van der Waals surface area contributed by atoms with Crippen molar-refractivity contribution in [3.8, 4) is 0 Å². The van der Waals surface area contributed by atoms with Gasteiger partial charge >= 0.3 is 0 Å². The largest absolute Gasteiger partial charge is 0.372 e. The lowest BCUT2D eigenvalue weighted by Crippen LogP contribution is -2.48. The minimum absolute atomic E-state index is 0.00667. The third-order valence-electron chi connectivity index (χ3n) is 2.69. The van der Waals surface area contributed by atoms with Crippen LogP contribution < -0.4 is 5.32 Å². The van der Waals surface area contributed by atoms with Crippen molar-refractivity contribution in [2.45, 2.75) is 31.9 Å². The number of nitrogens with zero attached hydrogens (tertiary/aromatic N) is 1. The summed E-state index contributed by atoms with van der Waals surface area (Å²) in [5, 5.41) is 2.99. The van der Waals surface area contributed by atoms with Gasteiger partial charge in [0.15, 0.2) is 0 Å². The number of carbonyl (C=O) groups is 1. The Morgan fingerprint density at radius 3 is 2.93 bits per heavy atom. The lowest BCUT2D eigenvalue weighted by atomic mass is 10.1. The Morgan fingerprint density at radius 1 is 1.64 bits per heavy atom. The van der Waals surface area contributed by atoms with Gasteiger partial charge in [0.1, 0.15) is 6.10 Å². The number of likely N-dealkylation sites (N-methyl/N-ethyl adjacent to an activating group) is 1. The summed E-state index contributed by atoms with van der Waals surface area (Å²) in [5.74, 6) is -0.00667. The van der Waals surface area contributed by atoms with Gasteiger partial charge in [0.05, 0.1) is 0 Å². The van der Waals surface area contributed by atoms with Gasteiger partial charge < -0.3 is 15.0 Å². The van der Waals surface area contributed by atoms with E-state index in [1.165, 1.54) is 0 Å². The highest BCUT2D eigenvalue weighted by atomic mass is 16.5. The van der Waals surface area contributed by atoms with Crippen LogP contribution >= 0.6 is 0 Å². The number of piperidine rings is 1. The van der Waals surface area contributed by atoms with Gasteiger partial charge in [0.2, 0.25) is 5.91 Å². The van der Waals surface area contributed by atoms with Gasteiger partial charge in [0, 0.05) is 19.7 Å². The van der Waals surface area contributed by atoms with Crippen LogP contribution in [0.15, 0.2) is 0 Å². The summed E-state index contributed by atoms with van der Waals surface area (Å²) in [7, 11) is 3.63. The second kappa shape index (κ2) is 5.32. The van der Waals surface area contributed by atoms with E-state index < -0.39 is 0 Å². The Kier molecular flexibility index (Phi) is 4.35. The van der Waals surface area contributed by atoms with Gasteiger partial charge in [-0.2, -0.15) is 0 Å². The first-order valence-corrected chi connectivity index (χ1v) is 5.15. The Balaban J connectivity index is 2.32. The number of hydrogen-bond donors (Lipinski definition) is 1. The zero-order chi connectivity index (χ0) is 10.6. The first-order valence-electron chi connectivity index (χ1n) is 5.15. The number of hydrogen-bond acceptors (Lipinski definition) is 3. The van der Waals surface area contributed by atoms with Crippen molar-refractivity contribution in [2.24, 2.45) is 0 Å². The molecular formula is C10H20N2O2. The van der Waals surface area contributed by atoms with E-state index >= 15 is 0 Å². The summed E-state index contributed by atoms with van der Waals surface area (Å²) in [5.41, 5.74) is 0. The molecule has 4 nitrogen and oxygen atoms in total. The molecule has 82 valence electrons. The highest BCUT2D eigenvalue weighted by molar-refractivity contribution is 5.80. The van der Waals surface area contributed by atoms with E-state index in [1.54, 1.807) is 14.0 Å². The van der Waals surface area contributed by atoms with Crippen LogP contribution in [0.1, 0.15) is 19.8 Å². The lowest BCUT2D eigenvalue weighted by Gasteiger charge is -2.30. The maximum atomic E-state index is 11.5. The SMILES string of the molecule is COC(C)C(=O)NC1CCCN(C)C1. The number of likely N-dealkylation sites (tertiary alicyclic amines) is 1. The molecule has 4 heteroatoms. The smallest absolute Gasteiger partial charge is 0.249 e. The molecular weight excluding hydrogens is 180 g/mol. The Bertz CT molecular complexity index is 197. The number of nitrogens with one attached hydrogen (secondary N) is 1. The van der Waals surface area contributed by atoms with Crippen LogP contribution in [0, 0.1) is 0 Å². The molecule has 14 heavy (non-hydrogen) atoms. The summed E-state index contributed by atoms with van der Waals surface area (Å²) in [6.45, 7) is 3.84. The van der Waals surface area contributed by atoms with Crippen molar-refractivity contribution in [1.82, 2.24) is 10.2 Å². The molecule has 2 unspecified atom stereocenters. The number of carbonyl (C=O) groups excluding carboxylic acids is 1. The Morgan fingerprint density at radius 2 is 2.36 bits per heavy atom. The maximum Gasteiger partial charge on any atom is 0.249 e. The summed E-state index contributed by atoms with van der Waals surface area (Å²) in [4.78, 5) is 13.7. The van der Waals surface area contributed by atoms with Gasteiger partial charge in [-0.25, -0.2) is 0 Å². The minimum atomic E-state index is -0.345. The molecule has 0 aromatic carbocycles. The molecule has 1 amide bonds. The van der Waals surface area contributed by atoms with E-state index in [4.69, 9.17) is 4.74 Å². The normalized spacial score (nSPS) is 25.8. The molecule has 0 radical (unpaired) electrons. The van der Waals surface area contributed by atoms with E-state index in [1.807, 2.05) is 0 Å². The molecule has 0 aliphatic carbocycles. The number of methoxy groups -OCH3 is 1. The fourth-order valence-corrected chi connectivity index (χ4v) is 1.71. The second-order valence-corrected chi connectivity index (χ2v) is 3.99. The van der Waals surface area contributed by atoms with Crippen molar-refractivity contribution in [3.63, 3.8) is 0 Å². The molecule has 0 saturated carbocycles. The lowest BCUT2D eigenvalue weighted by molar-refractivity contribution is -0.131. The van der Waals surface area contributed by atoms with Gasteiger partial charge in [0.25, 0.3) is 0 Å². The van der Waals surface area contributed by atoms with Crippen LogP contribution in [0.5, 0.6) is 0 Å². The number of ether oxygens (including phenoxy) is 1. The van der Waals surface area contributed by atoms with E-state index in [0.717, 1.165) is 25.9 Å². The summed E-state index contributed by atoms with van der Waals surface area (Å²) in [6, 6.07) is 0.291. The fraction of sp³-hybridized carbons (Fsp3) is 0.900. The van der Waals surface area contributed by atoms with Gasteiger partial charge in [-0.3, -0.25) is 4.79 Å². The molecule has 0 aromatic heterocycles. The Hall–Kier alpha value is -0.610. The molecule has 1 fully saturated rings. The summed E-state index contributed by atoms with van der Waals surface area (Å²) < 4.78 is 4.95. The first kappa shape index (κ1) is 11.5. The highest BCUT2D eigenvalue weighted by Crippen LogP contribution is 2.08. The molecule has 1 rings (SSSR count). The molecule has 2 atom stereocenters. The zero-order valence-electron chi connectivity index (χ0n) is 9.25. The average molecular weight is 200 g/mol. The van der Waals surface area contributed by atoms with E-state index in [0.29, 0.717) is 6.04 Å². The standard InChI is InChI=1S/C10H20N2O2/c1-8(14-3)10(13)11-9-5-4-6-12(2)7-9/h8-9H,4-7H2,1-3H3,(H,11,13). The topological polar surface area (TPSA) is 41.6 Å². The zero-order valence-corrected chi connectivity index (χ0v) is 9.25. The van der Waals surface area contributed by atoms with Crippen molar-refractivity contribution >= 4 is 5.91 Å². The van der Waals surface area contributed by atoms with E-state index in [-0.39, 0.29) is 12.0 Å². The molecule has 0 spiro atoms. The minimum Gasteiger partial charge on any atom is -0.372 e. The van der Waals surface area contributed by atoms with Crippen molar-refractivity contribution in [1.29, 1.82) is 0 Å². The second-order valence-electron chi connectivity index (χ2n) is 3.99. The Labute approximate surface area is 85.6 Å². The molecule has 1 saturated heterocycles. The fourth-order valence-electron chi connectivity index (χ4n) is 1.71. The van der Waals surface area contributed by atoms with Crippen molar-refractivity contribution in [3.05, 3.63) is 0 Å². The molecule has 1 N–H and O–H groups in total. The maximum absolute atomic E-state index is 11.5. The molecule has 1 aliphatic rings. The van der Waals surface area contributed by atoms with Gasteiger partial charge in [-0.1, -0.05) is 0 Å². The van der Waals surface area contributed by atoms with E-state index in [9.17, 15) is 4.79 Å². The van der Waals surface area contributed by atoms with E-state index in [2.05, 4.69) is 17.3 Å². The van der Waals surface area contributed by atoms with Gasteiger partial charge in [-0.15, -0.1) is 0 Å². The van der Waals surface area contributed by atoms with Gasteiger partial charge in [-0.05, 0) is 33.4 Å². The summed E-state index contributed by atoms with van der Waals surface area (Å²) in [6.07, 6.45) is 1.89. The molecule has 0 aromatic rings. The summed E-state index contributed by atoms with van der Waals surface area (Å²) >= 11 is 0. The van der Waals surface area contributed by atoms with Crippen molar-refractivity contribution in [2.75, 3.05) is 27.2 Å². The van der Waals surface area contributed by atoms with Crippen LogP contribution in [-0.4, -0.2) is 50.2 Å². The highest BCUT2D eigenvalue weighted by Gasteiger charge is 2.21.